The average Bonchev–Trinajstić information content (AvgIpc) is 0.729. The molecule has 0 heterocycles. The van der Waals surface area contributed by atoms with Crippen molar-refractivity contribution in [1.82, 2.24) is 0 Å². The second-order valence-corrected chi connectivity index (χ2v) is 25.2. The third-order valence-electron chi connectivity index (χ3n) is 18.0. The smallest absolute Gasteiger partial charge is 0.0645 e. The van der Waals surface area contributed by atoms with Crippen LogP contribution in [0.1, 0.15) is 21.9 Å². The quantitative estimate of drug-likeness (QED) is 0.124. The first-order valence-corrected chi connectivity index (χ1v) is 34.6. The van der Waals surface area contributed by atoms with Crippen LogP contribution in [0.3, 0.4) is 0 Å². The van der Waals surface area contributed by atoms with Crippen molar-refractivity contribution in [2.45, 2.75) is 0 Å². The number of hydrogen-bond donors (Lipinski definition) is 1. The molecule has 18 aromatic carbocycles. The first kappa shape index (κ1) is 48.8. The molecule has 0 spiro atoms. The van der Waals surface area contributed by atoms with Gasteiger partial charge in [0.15, 0.2) is 0 Å². The molecule has 2 nitrogen and oxygen atoms in total. The summed E-state index contributed by atoms with van der Waals surface area (Å²) in [6, 6.07) is 101. The van der Waals surface area contributed by atoms with Gasteiger partial charge < -0.3 is 10.2 Å². The number of fused-ring (bicyclic) bond motifs is 4. The van der Waals surface area contributed by atoms with Crippen molar-refractivity contribution in [3.8, 4) is 89.0 Å². The Morgan fingerprint density at radius 2 is 0.553 bits per heavy atom. The summed E-state index contributed by atoms with van der Waals surface area (Å²) in [7, 11) is 0. The number of benzene rings is 18. The van der Waals surface area contributed by atoms with Crippen molar-refractivity contribution >= 4 is 87.5 Å². The Kier molecular flexibility index (Phi) is 14.3. The SMILES string of the molecule is [2H]c1c([2H])c(-c2ccc(-c3ccccc3)c(-c3ccccc3)c2)c([2H])c([2H])c1Nc1cccc2ccccc12.[2H]c1c([2H])c(-c2cccc3ccccc23)c([2H])c([2H])c1Br.[2H]c1c([2H])c(N(c2c([2H])c([2H])c(-c3cccc4ccccc34)c([2H])c2[2H])c2cccc3ccccc23)c([2H])c([2H])c1-c1ccc(-c2ccccc2)c(-c2ccccc2)c1. The maximum atomic E-state index is 9.62. The van der Waals surface area contributed by atoms with E-state index in [1.54, 1.807) is 18.2 Å². The van der Waals surface area contributed by atoms with E-state index in [-0.39, 0.29) is 123 Å². The maximum absolute atomic E-state index is 9.62. The fourth-order valence-electron chi connectivity index (χ4n) is 13.0. The van der Waals surface area contributed by atoms with Crippen LogP contribution in [0.4, 0.5) is 28.4 Å². The topological polar surface area (TPSA) is 15.3 Å². The van der Waals surface area contributed by atoms with Crippen LogP contribution in [0.5, 0.6) is 0 Å². The van der Waals surface area contributed by atoms with Gasteiger partial charge in [0, 0.05) is 38.0 Å². The van der Waals surface area contributed by atoms with E-state index < -0.39 is 12.1 Å². The Morgan fingerprint density at radius 3 is 1.01 bits per heavy atom. The predicted octanol–water partition coefficient (Wildman–Crippen LogP) is 29.0. The van der Waals surface area contributed by atoms with E-state index in [4.69, 9.17) is 11.0 Å². The van der Waals surface area contributed by atoms with Gasteiger partial charge in [-0.1, -0.05) is 368 Å². The molecule has 0 bridgehead atoms. The molecule has 0 saturated heterocycles. The van der Waals surface area contributed by atoms with E-state index in [1.165, 1.54) is 4.90 Å². The third-order valence-corrected chi connectivity index (χ3v) is 18.4. The Hall–Kier alpha value is -12.9. The van der Waals surface area contributed by atoms with Gasteiger partial charge in [0.1, 0.15) is 0 Å². The Morgan fingerprint density at radius 1 is 0.223 bits per heavy atom. The lowest BCUT2D eigenvalue weighted by molar-refractivity contribution is 1.30. The fourth-order valence-corrected chi connectivity index (χ4v) is 13.2. The van der Waals surface area contributed by atoms with Crippen LogP contribution in [0.25, 0.3) is 132 Å². The summed E-state index contributed by atoms with van der Waals surface area (Å²) in [6.07, 6.45) is 0. The van der Waals surface area contributed by atoms with Crippen molar-refractivity contribution in [3.05, 3.63) is 429 Å². The molecule has 18 rings (SSSR count). The molecule has 3 heteroatoms. The molecule has 0 aliphatic heterocycles. The maximum Gasteiger partial charge on any atom is 0.0645 e. The van der Waals surface area contributed by atoms with E-state index in [0.29, 0.717) is 33.3 Å². The normalized spacial score (nSPS) is 13.1. The monoisotopic (exact) mass is 1390 g/mol. The second-order valence-electron chi connectivity index (χ2n) is 24.4. The van der Waals surface area contributed by atoms with Crippen LogP contribution >= 0.6 is 15.9 Å². The minimum atomic E-state index is -0.391. The van der Waals surface area contributed by atoms with Gasteiger partial charge >= 0.3 is 0 Å². The highest BCUT2D eigenvalue weighted by Gasteiger charge is 2.18. The number of rotatable bonds is 13. The molecule has 0 aliphatic carbocycles. The van der Waals surface area contributed by atoms with Gasteiger partial charge in [0.2, 0.25) is 0 Å². The molecule has 1 N–H and O–H groups in total. The van der Waals surface area contributed by atoms with Gasteiger partial charge in [-0.15, -0.1) is 0 Å². The summed E-state index contributed by atoms with van der Waals surface area (Å²) in [5, 5.41) is 10.2. The van der Waals surface area contributed by atoms with Crippen LogP contribution < -0.4 is 10.2 Å². The fraction of sp³-hybridized carbons (Fsp3) is 0. The summed E-state index contributed by atoms with van der Waals surface area (Å²) in [5.74, 6) is 0. The summed E-state index contributed by atoms with van der Waals surface area (Å²) in [5.41, 5.74) is 12.0. The van der Waals surface area contributed by atoms with E-state index >= 15 is 0 Å². The highest BCUT2D eigenvalue weighted by Crippen LogP contribution is 2.43. The van der Waals surface area contributed by atoms with Crippen LogP contribution in [-0.2, 0) is 0 Å². The van der Waals surface area contributed by atoms with E-state index in [0.717, 1.165) is 93.5 Å². The van der Waals surface area contributed by atoms with Gasteiger partial charge in [-0.05, 0) is 194 Å². The molecule has 0 aliphatic rings. The summed E-state index contributed by atoms with van der Waals surface area (Å²) >= 11 is 3.12. The molecule has 488 valence electrons. The summed E-state index contributed by atoms with van der Waals surface area (Å²) in [4.78, 5) is 1.38. The molecule has 0 amide bonds. The molecule has 0 fully saturated rings. The average molecular weight is 1400 g/mol. The number of anilines is 5. The Labute approximate surface area is 634 Å². The lowest BCUT2D eigenvalue weighted by atomic mass is 9.91. The third kappa shape index (κ3) is 14.3. The Balaban J connectivity index is 0.000000150. The highest BCUT2D eigenvalue weighted by molar-refractivity contribution is 9.10. The molecule has 0 aromatic heterocycles. The summed E-state index contributed by atoms with van der Waals surface area (Å²) in [6.45, 7) is 0. The number of nitrogens with one attached hydrogen (secondary N) is 1. The minimum Gasteiger partial charge on any atom is -0.355 e. The van der Waals surface area contributed by atoms with Gasteiger partial charge in [-0.3, -0.25) is 0 Å². The zero-order valence-corrected chi connectivity index (χ0v) is 57.1. The van der Waals surface area contributed by atoms with Crippen LogP contribution in [0.2, 0.25) is 0 Å². The van der Waals surface area contributed by atoms with Gasteiger partial charge in [-0.25, -0.2) is 0 Å². The zero-order chi connectivity index (χ0) is 83.0. The lowest BCUT2D eigenvalue weighted by Gasteiger charge is -2.27. The largest absolute Gasteiger partial charge is 0.355 e. The van der Waals surface area contributed by atoms with Crippen molar-refractivity contribution < 1.29 is 21.9 Å². The molecule has 0 saturated carbocycles. The number of nitrogens with zero attached hydrogens (tertiary/aromatic N) is 1. The van der Waals surface area contributed by atoms with Crippen LogP contribution in [-0.4, -0.2) is 0 Å². The van der Waals surface area contributed by atoms with Crippen molar-refractivity contribution in [2.75, 3.05) is 10.2 Å². The predicted molar refractivity (Wildman–Crippen MR) is 445 cm³/mol. The lowest BCUT2D eigenvalue weighted by Crippen LogP contribution is -2.10. The first-order valence-electron chi connectivity index (χ1n) is 41.8. The summed E-state index contributed by atoms with van der Waals surface area (Å²) < 4.78 is 144. The second kappa shape index (κ2) is 30.3. The molecular formula is C100H71BrN2. The molecule has 103 heavy (non-hydrogen) atoms. The molecule has 0 unspecified atom stereocenters. The number of hydrogen-bond acceptors (Lipinski definition) is 2. The Bertz CT molecular complexity index is 6860. The van der Waals surface area contributed by atoms with E-state index in [1.807, 2.05) is 297 Å². The van der Waals surface area contributed by atoms with Gasteiger partial charge in [-0.2, -0.15) is 0 Å². The van der Waals surface area contributed by atoms with Gasteiger partial charge in [0.05, 0.1) is 27.6 Å². The zero-order valence-electron chi connectivity index (χ0n) is 71.5. The van der Waals surface area contributed by atoms with Crippen LogP contribution in [0, 0.1) is 0 Å². The molecule has 0 atom stereocenters. The first-order chi connectivity index (χ1) is 57.7. The standard InChI is InChI=1S/C50H35N.C34H25N.C16H11Br/c1-3-13-37(14-4-1)47-34-29-42(35-49(47)40-15-5-2-6-16-40)36-25-30-43(31-26-36)51(50-24-12-20-39-18-8-10-22-48(39)50)44-32-27-41(28-33-44)46-23-11-19-38-17-7-9-21-45(38)46;1-3-10-26(11-4-1)31-23-20-29(24-33(31)28-12-5-2-6-13-28)25-18-21-30(22-19-25)35-34-17-9-15-27-14-7-8-16-32(27)34;17-14-10-8-13(9-11-14)16-7-3-5-12-4-1-2-6-15(12)16/h1-35H;1-24,35H;1-11H/i25D,26D,27D,28D,30D,31D,32D,33D;18D,19D,21D,22D;8D,9D,10D,11D. The highest BCUT2D eigenvalue weighted by atomic mass is 79.9. The van der Waals surface area contributed by atoms with E-state index in [9.17, 15) is 11.0 Å². The number of halogens is 1. The van der Waals surface area contributed by atoms with Crippen molar-refractivity contribution in [3.63, 3.8) is 0 Å². The van der Waals surface area contributed by atoms with Crippen molar-refractivity contribution in [2.24, 2.45) is 0 Å². The van der Waals surface area contributed by atoms with Crippen molar-refractivity contribution in [1.29, 1.82) is 0 Å². The molecule has 18 aromatic rings. The van der Waals surface area contributed by atoms with E-state index in [2.05, 4.69) is 33.4 Å². The van der Waals surface area contributed by atoms with Crippen LogP contribution in [0.15, 0.2) is 429 Å². The minimum absolute atomic E-state index is 0.0285. The molecule has 0 radical (unpaired) electrons. The molecular weight excluding hydrogens is 1310 g/mol. The van der Waals surface area contributed by atoms with Gasteiger partial charge in [0.25, 0.3) is 0 Å².